The van der Waals surface area contributed by atoms with Gasteiger partial charge in [-0.3, -0.25) is 14.9 Å². The summed E-state index contributed by atoms with van der Waals surface area (Å²) in [5, 5.41) is 3.86. The molecule has 2 aromatic carbocycles. The maximum atomic E-state index is 12.9. The number of aromatic amines is 1. The fourth-order valence-electron chi connectivity index (χ4n) is 2.87. The zero-order chi connectivity index (χ0) is 20.1. The van der Waals surface area contributed by atoms with Crippen molar-refractivity contribution >= 4 is 29.1 Å². The van der Waals surface area contributed by atoms with Crippen LogP contribution >= 0.6 is 23.4 Å². The third kappa shape index (κ3) is 4.69. The molecule has 1 heterocycles. The van der Waals surface area contributed by atoms with Crippen LogP contribution in [0.2, 0.25) is 5.02 Å². The fraction of sp³-hybridized carbons (Fsp3) is 0.238. The first-order chi connectivity index (χ1) is 13.5. The summed E-state index contributed by atoms with van der Waals surface area (Å²) < 4.78 is 6.70. The molecule has 0 aliphatic heterocycles. The lowest BCUT2D eigenvalue weighted by atomic mass is 10.2. The van der Waals surface area contributed by atoms with Gasteiger partial charge in [0.15, 0.2) is 0 Å². The van der Waals surface area contributed by atoms with Gasteiger partial charge in [-0.25, -0.2) is 4.68 Å². The number of methoxy groups -OCH3 is 1. The normalized spacial score (nSPS) is 11.6. The van der Waals surface area contributed by atoms with E-state index in [1.807, 2.05) is 62.4 Å². The van der Waals surface area contributed by atoms with Crippen LogP contribution in [0.15, 0.2) is 63.2 Å². The molecule has 1 aromatic heterocycles. The van der Waals surface area contributed by atoms with E-state index >= 15 is 0 Å². The zero-order valence-electron chi connectivity index (χ0n) is 16.0. The van der Waals surface area contributed by atoms with E-state index in [0.29, 0.717) is 12.1 Å². The maximum absolute atomic E-state index is 12.9. The number of nitrogens with zero attached hydrogens (tertiary/aromatic N) is 2. The molecule has 0 unspecified atom stereocenters. The Hall–Kier alpha value is -2.44. The van der Waals surface area contributed by atoms with E-state index < -0.39 is 0 Å². The molecule has 0 aliphatic carbocycles. The zero-order valence-corrected chi connectivity index (χ0v) is 17.6. The topological polar surface area (TPSA) is 59.4 Å². The van der Waals surface area contributed by atoms with Crippen molar-refractivity contribution in [1.29, 1.82) is 0 Å². The van der Waals surface area contributed by atoms with Crippen LogP contribution in [0.25, 0.3) is 5.69 Å². The second kappa shape index (κ2) is 9.17. The first-order valence-corrected chi connectivity index (χ1v) is 10.2. The van der Waals surface area contributed by atoms with Gasteiger partial charge < -0.3 is 4.74 Å². The highest BCUT2D eigenvalue weighted by Crippen LogP contribution is 2.20. The van der Waals surface area contributed by atoms with Gasteiger partial charge in [-0.15, -0.1) is 11.8 Å². The van der Waals surface area contributed by atoms with E-state index in [0.717, 1.165) is 38.5 Å². The summed E-state index contributed by atoms with van der Waals surface area (Å²) in [4.78, 5) is 18.6. The largest absolute Gasteiger partial charge is 0.497 e. The van der Waals surface area contributed by atoms with Crippen molar-refractivity contribution in [3.63, 3.8) is 0 Å². The summed E-state index contributed by atoms with van der Waals surface area (Å²) >= 11 is 7.61. The number of aryl methyl sites for hydroxylation is 1. The Balaban J connectivity index is 1.71. The molecule has 28 heavy (non-hydrogen) atoms. The number of thioether (sulfide) groups is 1. The number of aromatic nitrogens is 2. The van der Waals surface area contributed by atoms with Crippen LogP contribution in [-0.4, -0.2) is 34.9 Å². The van der Waals surface area contributed by atoms with Gasteiger partial charge >= 0.3 is 0 Å². The van der Waals surface area contributed by atoms with Gasteiger partial charge in [0.25, 0.3) is 5.56 Å². The van der Waals surface area contributed by atoms with E-state index in [4.69, 9.17) is 16.3 Å². The molecule has 0 saturated carbocycles. The average Bonchev–Trinajstić information content (AvgIpc) is 3.00. The van der Waals surface area contributed by atoms with Gasteiger partial charge in [0.2, 0.25) is 0 Å². The van der Waals surface area contributed by atoms with Crippen LogP contribution in [-0.2, 0) is 0 Å². The second-order valence-electron chi connectivity index (χ2n) is 6.22. The number of halogens is 1. The molecule has 0 radical (unpaired) electrons. The summed E-state index contributed by atoms with van der Waals surface area (Å²) in [6.45, 7) is 4.40. The number of H-pyrrole nitrogens is 1. The molecule has 146 valence electrons. The molecule has 0 fully saturated rings. The van der Waals surface area contributed by atoms with Crippen molar-refractivity contribution in [2.24, 2.45) is 4.99 Å². The summed E-state index contributed by atoms with van der Waals surface area (Å²) in [5.74, 6) is 1.57. The van der Waals surface area contributed by atoms with E-state index in [1.54, 1.807) is 18.9 Å². The molecule has 0 atom stereocenters. The Bertz CT molecular complexity index is 1020. The van der Waals surface area contributed by atoms with Gasteiger partial charge in [0.1, 0.15) is 5.75 Å². The molecule has 0 amide bonds. The van der Waals surface area contributed by atoms with E-state index in [2.05, 4.69) is 10.1 Å². The van der Waals surface area contributed by atoms with Gasteiger partial charge in [-0.2, -0.15) is 0 Å². The molecule has 3 aromatic rings. The number of ether oxygens (including phenoxy) is 1. The number of nitrogens with one attached hydrogen (secondary N) is 1. The third-order valence-electron chi connectivity index (χ3n) is 4.29. The Morgan fingerprint density at radius 1 is 1.18 bits per heavy atom. The van der Waals surface area contributed by atoms with Crippen LogP contribution in [0.3, 0.4) is 0 Å². The monoisotopic (exact) mass is 415 g/mol. The van der Waals surface area contributed by atoms with Crippen molar-refractivity contribution in [1.82, 2.24) is 9.78 Å². The van der Waals surface area contributed by atoms with Crippen LogP contribution in [0, 0.1) is 6.92 Å². The summed E-state index contributed by atoms with van der Waals surface area (Å²) in [6, 6.07) is 15.1. The Labute approximate surface area is 173 Å². The van der Waals surface area contributed by atoms with Crippen molar-refractivity contribution in [2.75, 3.05) is 19.4 Å². The lowest BCUT2D eigenvalue weighted by Crippen LogP contribution is -2.19. The van der Waals surface area contributed by atoms with E-state index in [-0.39, 0.29) is 5.56 Å². The molecule has 1 N–H and O–H groups in total. The minimum atomic E-state index is -0.103. The number of benzene rings is 2. The summed E-state index contributed by atoms with van der Waals surface area (Å²) in [7, 11) is 1.61. The number of rotatable bonds is 7. The van der Waals surface area contributed by atoms with Crippen molar-refractivity contribution in [3.05, 3.63) is 75.2 Å². The highest BCUT2D eigenvalue weighted by atomic mass is 35.5. The van der Waals surface area contributed by atoms with E-state index in [1.165, 1.54) is 4.68 Å². The van der Waals surface area contributed by atoms with Crippen molar-refractivity contribution in [3.8, 4) is 11.4 Å². The molecule has 7 heteroatoms. The van der Waals surface area contributed by atoms with Gasteiger partial charge in [0.05, 0.1) is 18.4 Å². The third-order valence-corrected chi connectivity index (χ3v) is 5.53. The Morgan fingerprint density at radius 3 is 2.50 bits per heavy atom. The van der Waals surface area contributed by atoms with Crippen LogP contribution in [0.5, 0.6) is 5.75 Å². The minimum absolute atomic E-state index is 0.103. The number of hydrogen-bond donors (Lipinski definition) is 1. The molecular formula is C21H22ClN3O2S. The molecular weight excluding hydrogens is 394 g/mol. The van der Waals surface area contributed by atoms with E-state index in [9.17, 15) is 4.79 Å². The molecule has 5 nitrogen and oxygen atoms in total. The SMILES string of the molecule is COc1ccc(-n2[nH]c(C)c(C(C)=NCCSc3ccc(Cl)cc3)c2=O)cc1. The molecule has 0 aliphatic rings. The predicted molar refractivity (Wildman–Crippen MR) is 117 cm³/mol. The van der Waals surface area contributed by atoms with Crippen molar-refractivity contribution in [2.45, 2.75) is 18.7 Å². The lowest BCUT2D eigenvalue weighted by Gasteiger charge is -2.03. The standard InChI is InChI=1S/C21H22ClN3O2S/c1-14(23-12-13-28-19-10-4-16(22)5-11-19)20-15(2)24-25(21(20)26)17-6-8-18(27-3)9-7-17/h4-11,24H,12-13H2,1-3H3. The van der Waals surface area contributed by atoms with Crippen LogP contribution in [0.1, 0.15) is 18.2 Å². The maximum Gasteiger partial charge on any atom is 0.280 e. The summed E-state index contributed by atoms with van der Waals surface area (Å²) in [6.07, 6.45) is 0. The summed E-state index contributed by atoms with van der Waals surface area (Å²) in [5.41, 5.74) is 2.81. The average molecular weight is 416 g/mol. The van der Waals surface area contributed by atoms with Gasteiger partial charge in [-0.1, -0.05) is 11.6 Å². The van der Waals surface area contributed by atoms with Gasteiger partial charge in [0, 0.05) is 33.6 Å². The minimum Gasteiger partial charge on any atom is -0.497 e. The Morgan fingerprint density at radius 2 is 1.86 bits per heavy atom. The lowest BCUT2D eigenvalue weighted by molar-refractivity contribution is 0.414. The molecule has 3 rings (SSSR count). The molecule has 0 saturated heterocycles. The first kappa shape index (κ1) is 20.3. The number of hydrogen-bond acceptors (Lipinski definition) is 4. The van der Waals surface area contributed by atoms with Gasteiger partial charge in [-0.05, 0) is 62.4 Å². The second-order valence-corrected chi connectivity index (χ2v) is 7.82. The first-order valence-electron chi connectivity index (χ1n) is 8.85. The smallest absolute Gasteiger partial charge is 0.280 e. The highest BCUT2D eigenvalue weighted by molar-refractivity contribution is 7.99. The highest BCUT2D eigenvalue weighted by Gasteiger charge is 2.14. The quantitative estimate of drug-likeness (QED) is 0.344. The fourth-order valence-corrected chi connectivity index (χ4v) is 3.75. The Kier molecular flexibility index (Phi) is 6.65. The van der Waals surface area contributed by atoms with Crippen LogP contribution < -0.4 is 10.3 Å². The molecule has 0 bridgehead atoms. The number of aliphatic imine (C=N–C) groups is 1. The molecule has 0 spiro atoms. The predicted octanol–water partition coefficient (Wildman–Crippen LogP) is 4.74. The van der Waals surface area contributed by atoms with Crippen molar-refractivity contribution < 1.29 is 4.74 Å². The van der Waals surface area contributed by atoms with Crippen LogP contribution in [0.4, 0.5) is 0 Å².